The van der Waals surface area contributed by atoms with Crippen molar-refractivity contribution in [1.29, 1.82) is 0 Å². The lowest BCUT2D eigenvalue weighted by Gasteiger charge is -2.34. The Kier molecular flexibility index (Phi) is 9.66. The molecule has 10 heteroatoms. The van der Waals surface area contributed by atoms with Crippen molar-refractivity contribution in [2.75, 3.05) is 32.7 Å². The molecule has 1 aliphatic rings. The molecule has 1 fully saturated rings. The van der Waals surface area contributed by atoms with Crippen molar-refractivity contribution < 1.29 is 4.79 Å². The molecular weight excluding hydrogens is 423 g/mol. The van der Waals surface area contributed by atoms with Crippen LogP contribution in [-0.2, 0) is 13.0 Å². The van der Waals surface area contributed by atoms with Gasteiger partial charge in [0.2, 0.25) is 0 Å². The van der Waals surface area contributed by atoms with Gasteiger partial charge in [0, 0.05) is 49.4 Å². The van der Waals surface area contributed by atoms with Crippen LogP contribution in [0, 0.1) is 0 Å². The third-order valence-corrected chi connectivity index (χ3v) is 5.92. The van der Waals surface area contributed by atoms with E-state index < -0.39 is 0 Å². The normalized spacial score (nSPS) is 14.7. The highest BCUT2D eigenvalue weighted by atomic mass is 35.5. The van der Waals surface area contributed by atoms with E-state index in [1.165, 1.54) is 16.2 Å². The number of hydrogen-bond acceptors (Lipinski definition) is 6. The summed E-state index contributed by atoms with van der Waals surface area (Å²) in [6.07, 6.45) is 0.731. The van der Waals surface area contributed by atoms with Crippen LogP contribution < -0.4 is 5.73 Å². The van der Waals surface area contributed by atoms with Crippen molar-refractivity contribution in [3.05, 3.63) is 37.4 Å². The minimum atomic E-state index is 0. The van der Waals surface area contributed by atoms with E-state index in [-0.39, 0.29) is 30.7 Å². The Hall–Kier alpha value is -0.410. The lowest BCUT2D eigenvalue weighted by Crippen LogP contribution is -2.48. The maximum Gasteiger partial charge on any atom is 0.273 e. The van der Waals surface area contributed by atoms with Crippen molar-refractivity contribution >= 4 is 65.0 Å². The standard InChI is InChI=1S/C15H19ClN4OS2.2ClH/c16-13-2-1-11(23-13)9-19-5-7-20(8-6-19)15(21)12-10-22-14(18-12)3-4-17;;/h1-2,10H,3-9,17H2;2*1H. The Morgan fingerprint density at radius 2 is 1.96 bits per heavy atom. The lowest BCUT2D eigenvalue weighted by atomic mass is 10.2. The number of piperazine rings is 1. The van der Waals surface area contributed by atoms with Gasteiger partial charge in [-0.05, 0) is 18.7 Å². The molecule has 1 saturated heterocycles. The van der Waals surface area contributed by atoms with E-state index in [9.17, 15) is 4.79 Å². The molecule has 0 aromatic carbocycles. The Labute approximate surface area is 173 Å². The first-order valence-electron chi connectivity index (χ1n) is 7.56. The average molecular weight is 444 g/mol. The summed E-state index contributed by atoms with van der Waals surface area (Å²) in [7, 11) is 0. The molecule has 0 saturated carbocycles. The summed E-state index contributed by atoms with van der Waals surface area (Å²) in [5, 5.41) is 2.77. The number of carbonyl (C=O) groups is 1. The second-order valence-corrected chi connectivity index (χ2v) is 8.18. The Balaban J connectivity index is 0.00000156. The minimum Gasteiger partial charge on any atom is -0.335 e. The first-order chi connectivity index (χ1) is 11.2. The highest BCUT2D eigenvalue weighted by Crippen LogP contribution is 2.23. The Morgan fingerprint density at radius 1 is 1.24 bits per heavy atom. The largest absolute Gasteiger partial charge is 0.335 e. The van der Waals surface area contributed by atoms with Gasteiger partial charge in [0.05, 0.1) is 9.34 Å². The van der Waals surface area contributed by atoms with Crippen LogP contribution >= 0.6 is 59.1 Å². The monoisotopic (exact) mass is 442 g/mol. The second kappa shape index (κ2) is 10.7. The maximum atomic E-state index is 12.5. The molecule has 25 heavy (non-hydrogen) atoms. The maximum absolute atomic E-state index is 12.5. The van der Waals surface area contributed by atoms with Crippen molar-refractivity contribution in [3.63, 3.8) is 0 Å². The van der Waals surface area contributed by atoms with Gasteiger partial charge in [-0.25, -0.2) is 4.98 Å². The first-order valence-corrected chi connectivity index (χ1v) is 9.63. The number of nitrogens with two attached hydrogens (primary N) is 1. The van der Waals surface area contributed by atoms with E-state index >= 15 is 0 Å². The molecule has 2 aromatic rings. The molecule has 0 spiro atoms. The molecule has 140 valence electrons. The molecule has 0 atom stereocenters. The van der Waals surface area contributed by atoms with Gasteiger partial charge in [-0.3, -0.25) is 9.69 Å². The number of carbonyl (C=O) groups excluding carboxylic acids is 1. The van der Waals surface area contributed by atoms with Crippen LogP contribution in [-0.4, -0.2) is 53.4 Å². The summed E-state index contributed by atoms with van der Waals surface area (Å²) in [5.41, 5.74) is 6.08. The zero-order valence-corrected chi connectivity index (χ0v) is 17.5. The molecule has 0 unspecified atom stereocenters. The fraction of sp³-hybridized carbons (Fsp3) is 0.467. The molecule has 5 nitrogen and oxygen atoms in total. The van der Waals surface area contributed by atoms with Crippen LogP contribution in [0.15, 0.2) is 17.5 Å². The van der Waals surface area contributed by atoms with Gasteiger partial charge in [0.15, 0.2) is 0 Å². The number of hydrogen-bond donors (Lipinski definition) is 1. The molecular formula is C15H21Cl3N4OS2. The number of nitrogens with zero attached hydrogens (tertiary/aromatic N) is 3. The SMILES string of the molecule is Cl.Cl.NCCc1nc(C(=O)N2CCN(Cc3ccc(Cl)s3)CC2)cs1. The number of halogens is 3. The Bertz CT molecular complexity index is 671. The van der Waals surface area contributed by atoms with E-state index in [1.54, 1.807) is 11.3 Å². The van der Waals surface area contributed by atoms with Crippen molar-refractivity contribution in [2.45, 2.75) is 13.0 Å². The molecule has 0 bridgehead atoms. The van der Waals surface area contributed by atoms with Gasteiger partial charge >= 0.3 is 0 Å². The second-order valence-electron chi connectivity index (χ2n) is 5.44. The summed E-state index contributed by atoms with van der Waals surface area (Å²) in [4.78, 5) is 22.4. The highest BCUT2D eigenvalue weighted by molar-refractivity contribution is 7.16. The number of aromatic nitrogens is 1. The van der Waals surface area contributed by atoms with Crippen molar-refractivity contribution in [1.82, 2.24) is 14.8 Å². The van der Waals surface area contributed by atoms with E-state index in [1.807, 2.05) is 16.3 Å². The minimum absolute atomic E-state index is 0. The first kappa shape index (κ1) is 22.6. The van der Waals surface area contributed by atoms with Gasteiger partial charge in [-0.15, -0.1) is 47.5 Å². The summed E-state index contributed by atoms with van der Waals surface area (Å²) < 4.78 is 0.825. The zero-order valence-electron chi connectivity index (χ0n) is 13.5. The van der Waals surface area contributed by atoms with Crippen LogP contribution in [0.25, 0.3) is 0 Å². The van der Waals surface area contributed by atoms with E-state index in [0.29, 0.717) is 12.2 Å². The average Bonchev–Trinajstić information content (AvgIpc) is 3.17. The summed E-state index contributed by atoms with van der Waals surface area (Å²) in [6.45, 7) is 4.69. The summed E-state index contributed by atoms with van der Waals surface area (Å²) in [5.74, 6) is 0.0309. The van der Waals surface area contributed by atoms with Crippen LogP contribution in [0.1, 0.15) is 20.4 Å². The number of thiazole rings is 1. The molecule has 3 heterocycles. The van der Waals surface area contributed by atoms with Gasteiger partial charge < -0.3 is 10.6 Å². The summed E-state index contributed by atoms with van der Waals surface area (Å²) in [6, 6.07) is 4.00. The third kappa shape index (κ3) is 6.06. The van der Waals surface area contributed by atoms with Gasteiger partial charge in [-0.1, -0.05) is 11.6 Å². The molecule has 2 N–H and O–H groups in total. The molecule has 0 radical (unpaired) electrons. The lowest BCUT2D eigenvalue weighted by molar-refractivity contribution is 0.0624. The van der Waals surface area contributed by atoms with Crippen LogP contribution in [0.4, 0.5) is 0 Å². The van der Waals surface area contributed by atoms with E-state index in [0.717, 1.165) is 48.5 Å². The van der Waals surface area contributed by atoms with E-state index in [4.69, 9.17) is 17.3 Å². The third-order valence-electron chi connectivity index (χ3n) is 3.80. The van der Waals surface area contributed by atoms with Crippen molar-refractivity contribution in [2.24, 2.45) is 5.73 Å². The topological polar surface area (TPSA) is 62.5 Å². The predicted molar refractivity (Wildman–Crippen MR) is 110 cm³/mol. The van der Waals surface area contributed by atoms with Crippen LogP contribution in [0.3, 0.4) is 0 Å². The highest BCUT2D eigenvalue weighted by Gasteiger charge is 2.24. The van der Waals surface area contributed by atoms with Gasteiger partial charge in [0.1, 0.15) is 5.69 Å². The van der Waals surface area contributed by atoms with Gasteiger partial charge in [0.25, 0.3) is 5.91 Å². The van der Waals surface area contributed by atoms with Gasteiger partial charge in [-0.2, -0.15) is 0 Å². The molecule has 3 rings (SSSR count). The fourth-order valence-electron chi connectivity index (χ4n) is 2.58. The molecule has 1 aliphatic heterocycles. The number of amides is 1. The van der Waals surface area contributed by atoms with Crippen LogP contribution in [0.2, 0.25) is 4.34 Å². The predicted octanol–water partition coefficient (Wildman–Crippen LogP) is 3.16. The quantitative estimate of drug-likeness (QED) is 0.771. The zero-order chi connectivity index (χ0) is 16.2. The fourth-order valence-corrected chi connectivity index (χ4v) is 4.49. The molecule has 0 aliphatic carbocycles. The van der Waals surface area contributed by atoms with Crippen LogP contribution in [0.5, 0.6) is 0 Å². The number of rotatable bonds is 5. The molecule has 1 amide bonds. The summed E-state index contributed by atoms with van der Waals surface area (Å²) >= 11 is 9.10. The van der Waals surface area contributed by atoms with Crippen molar-refractivity contribution in [3.8, 4) is 0 Å². The number of thiophene rings is 1. The van der Waals surface area contributed by atoms with E-state index in [2.05, 4.69) is 16.0 Å². The Morgan fingerprint density at radius 3 is 2.56 bits per heavy atom. The smallest absolute Gasteiger partial charge is 0.273 e. The molecule has 2 aromatic heterocycles.